The van der Waals surface area contributed by atoms with Crippen molar-refractivity contribution >= 4 is 27.8 Å². The van der Waals surface area contributed by atoms with Gasteiger partial charge in [-0.3, -0.25) is 9.79 Å². The van der Waals surface area contributed by atoms with E-state index in [0.717, 1.165) is 36.5 Å². The summed E-state index contributed by atoms with van der Waals surface area (Å²) in [6.07, 6.45) is 3.40. The van der Waals surface area contributed by atoms with Crippen LogP contribution < -0.4 is 10.6 Å². The molecule has 130 valence electrons. The van der Waals surface area contributed by atoms with Gasteiger partial charge < -0.3 is 20.1 Å². The number of nitrogens with zero attached hydrogens (tertiary/aromatic N) is 3. The highest BCUT2D eigenvalue weighted by Crippen LogP contribution is 2.14. The van der Waals surface area contributed by atoms with Crippen molar-refractivity contribution in [1.29, 1.82) is 0 Å². The number of rotatable bonds is 8. The summed E-state index contributed by atoms with van der Waals surface area (Å²) in [5, 5.41) is 6.14. The van der Waals surface area contributed by atoms with Gasteiger partial charge in [0.25, 0.3) is 0 Å². The smallest absolute Gasteiger partial charge is 0.221 e. The van der Waals surface area contributed by atoms with E-state index < -0.39 is 0 Å². The summed E-state index contributed by atoms with van der Waals surface area (Å²) in [6.45, 7) is 6.83. The average Bonchev–Trinajstić information content (AvgIpc) is 2.81. The van der Waals surface area contributed by atoms with Crippen LogP contribution in [0.5, 0.6) is 0 Å². The molecule has 6 nitrogen and oxygen atoms in total. The lowest BCUT2D eigenvalue weighted by atomic mass is 10.4. The molecule has 0 aliphatic rings. The Hall–Kier alpha value is -1.50. The maximum absolute atomic E-state index is 11.6. The van der Waals surface area contributed by atoms with Crippen LogP contribution in [0.1, 0.15) is 32.4 Å². The molecule has 0 atom stereocenters. The van der Waals surface area contributed by atoms with Crippen LogP contribution in [0.25, 0.3) is 0 Å². The highest BCUT2D eigenvalue weighted by Gasteiger charge is 2.10. The molecule has 0 aliphatic heterocycles. The van der Waals surface area contributed by atoms with E-state index in [1.54, 1.807) is 0 Å². The van der Waals surface area contributed by atoms with Crippen LogP contribution in [0.4, 0.5) is 0 Å². The number of amides is 1. The molecule has 23 heavy (non-hydrogen) atoms. The van der Waals surface area contributed by atoms with Crippen molar-refractivity contribution in [1.82, 2.24) is 20.1 Å². The fraction of sp³-hybridized carbons (Fsp3) is 0.625. The number of carbonyl (C=O) groups is 1. The van der Waals surface area contributed by atoms with Gasteiger partial charge in [0.1, 0.15) is 0 Å². The number of carbonyl (C=O) groups excluding carboxylic acids is 1. The molecule has 1 rings (SSSR count). The Labute approximate surface area is 147 Å². The maximum Gasteiger partial charge on any atom is 0.221 e. The van der Waals surface area contributed by atoms with Gasteiger partial charge in [-0.1, -0.05) is 6.92 Å². The van der Waals surface area contributed by atoms with Gasteiger partial charge in [-0.2, -0.15) is 0 Å². The normalized spacial score (nSPS) is 11.4. The van der Waals surface area contributed by atoms with E-state index in [9.17, 15) is 4.79 Å². The van der Waals surface area contributed by atoms with Crippen LogP contribution in [-0.4, -0.2) is 48.0 Å². The molecule has 0 aromatic carbocycles. The number of hydrogen-bond donors (Lipinski definition) is 2. The fourth-order valence-corrected chi connectivity index (χ4v) is 2.70. The largest absolute Gasteiger partial charge is 0.357 e. The second-order valence-corrected chi connectivity index (χ2v) is 6.37. The lowest BCUT2D eigenvalue weighted by Crippen LogP contribution is -2.39. The van der Waals surface area contributed by atoms with Crippen molar-refractivity contribution in [3.05, 3.63) is 22.4 Å². The Morgan fingerprint density at radius 3 is 2.70 bits per heavy atom. The average molecular weight is 386 g/mol. The summed E-state index contributed by atoms with van der Waals surface area (Å²) >= 11 is 3.49. The van der Waals surface area contributed by atoms with Crippen molar-refractivity contribution in [2.75, 3.05) is 26.7 Å². The minimum absolute atomic E-state index is 0.0560. The number of guanidine groups is 1. The third kappa shape index (κ3) is 7.07. The zero-order valence-corrected chi connectivity index (χ0v) is 16.1. The minimum Gasteiger partial charge on any atom is -0.357 e. The number of aryl methyl sites for hydroxylation is 1. The summed E-state index contributed by atoms with van der Waals surface area (Å²) in [6, 6.07) is 2.10. The first-order valence-corrected chi connectivity index (χ1v) is 8.84. The molecule has 1 amide bonds. The van der Waals surface area contributed by atoms with Gasteiger partial charge in [-0.05, 0) is 35.3 Å². The predicted octanol–water partition coefficient (Wildman–Crippen LogP) is 2.10. The van der Waals surface area contributed by atoms with Crippen LogP contribution in [0.2, 0.25) is 0 Å². The molecule has 0 saturated carbocycles. The highest BCUT2D eigenvalue weighted by molar-refractivity contribution is 9.10. The van der Waals surface area contributed by atoms with Crippen molar-refractivity contribution in [2.24, 2.45) is 12.0 Å². The molecule has 1 heterocycles. The van der Waals surface area contributed by atoms with Crippen LogP contribution >= 0.6 is 15.9 Å². The van der Waals surface area contributed by atoms with Gasteiger partial charge in [0.05, 0.1) is 13.1 Å². The quantitative estimate of drug-likeness (QED) is 0.531. The molecular formula is C16H28BrN5O. The van der Waals surface area contributed by atoms with Gasteiger partial charge in [0, 0.05) is 50.0 Å². The first kappa shape index (κ1) is 19.5. The highest BCUT2D eigenvalue weighted by atomic mass is 79.9. The number of nitrogens with one attached hydrogen (secondary N) is 2. The molecule has 0 spiro atoms. The van der Waals surface area contributed by atoms with Crippen molar-refractivity contribution in [3.8, 4) is 0 Å². The molecule has 0 saturated heterocycles. The van der Waals surface area contributed by atoms with E-state index in [-0.39, 0.29) is 5.91 Å². The molecule has 1 aromatic heterocycles. The Bertz CT molecular complexity index is 527. The van der Waals surface area contributed by atoms with E-state index in [1.165, 1.54) is 5.69 Å². The summed E-state index contributed by atoms with van der Waals surface area (Å²) in [5.41, 5.74) is 1.19. The molecule has 0 radical (unpaired) electrons. The van der Waals surface area contributed by atoms with Gasteiger partial charge in [-0.25, -0.2) is 0 Å². The van der Waals surface area contributed by atoms with Crippen molar-refractivity contribution in [2.45, 2.75) is 33.2 Å². The van der Waals surface area contributed by atoms with E-state index in [4.69, 9.17) is 0 Å². The third-order valence-corrected chi connectivity index (χ3v) is 3.78. The number of hydrogen-bond acceptors (Lipinski definition) is 2. The summed E-state index contributed by atoms with van der Waals surface area (Å²) < 4.78 is 3.15. The first-order chi connectivity index (χ1) is 11.0. The molecule has 0 unspecified atom stereocenters. The Kier molecular flexibility index (Phi) is 8.76. The molecular weight excluding hydrogens is 358 g/mol. The van der Waals surface area contributed by atoms with E-state index in [2.05, 4.69) is 47.1 Å². The summed E-state index contributed by atoms with van der Waals surface area (Å²) in [5.74, 6) is 0.869. The zero-order valence-electron chi connectivity index (χ0n) is 14.5. The fourth-order valence-electron chi connectivity index (χ4n) is 2.13. The topological polar surface area (TPSA) is 61.7 Å². The van der Waals surface area contributed by atoms with Gasteiger partial charge >= 0.3 is 0 Å². The number of halogens is 1. The summed E-state index contributed by atoms with van der Waals surface area (Å²) in [7, 11) is 4.02. The van der Waals surface area contributed by atoms with Crippen LogP contribution in [-0.2, 0) is 18.4 Å². The lowest BCUT2D eigenvalue weighted by Gasteiger charge is -2.22. The number of aromatic nitrogens is 1. The number of aliphatic imine (C=N–C) groups is 1. The molecule has 1 aromatic rings. The molecule has 2 N–H and O–H groups in total. The predicted molar refractivity (Wildman–Crippen MR) is 98.5 cm³/mol. The maximum atomic E-state index is 11.6. The molecule has 0 aliphatic carbocycles. The summed E-state index contributed by atoms with van der Waals surface area (Å²) in [4.78, 5) is 18.2. The Balaban J connectivity index is 2.59. The minimum atomic E-state index is 0.0560. The second kappa shape index (κ2) is 10.3. The monoisotopic (exact) mass is 385 g/mol. The molecule has 0 fully saturated rings. The third-order valence-electron chi connectivity index (χ3n) is 3.34. The van der Waals surface area contributed by atoms with E-state index in [1.807, 2.05) is 34.1 Å². The van der Waals surface area contributed by atoms with E-state index >= 15 is 0 Å². The van der Waals surface area contributed by atoms with Crippen LogP contribution in [0.15, 0.2) is 21.7 Å². The lowest BCUT2D eigenvalue weighted by molar-refractivity contribution is -0.120. The second-order valence-electron chi connectivity index (χ2n) is 5.45. The molecule has 7 heteroatoms. The van der Waals surface area contributed by atoms with E-state index in [0.29, 0.717) is 13.0 Å². The molecule has 0 bridgehead atoms. The van der Waals surface area contributed by atoms with Gasteiger partial charge in [0.15, 0.2) is 5.96 Å². The van der Waals surface area contributed by atoms with Crippen LogP contribution in [0, 0.1) is 0 Å². The SMILES string of the molecule is CCCNC(=O)CCN=C(NCC)N(C)Cc1cc(Br)cn1C. The van der Waals surface area contributed by atoms with Crippen molar-refractivity contribution < 1.29 is 4.79 Å². The van der Waals surface area contributed by atoms with Crippen molar-refractivity contribution in [3.63, 3.8) is 0 Å². The zero-order chi connectivity index (χ0) is 17.2. The van der Waals surface area contributed by atoms with Gasteiger partial charge in [0.2, 0.25) is 5.91 Å². The Morgan fingerprint density at radius 2 is 2.13 bits per heavy atom. The Morgan fingerprint density at radius 1 is 1.39 bits per heavy atom. The van der Waals surface area contributed by atoms with Crippen LogP contribution in [0.3, 0.4) is 0 Å². The standard InChI is InChI=1S/C16H28BrN5O/c1-5-8-19-15(23)7-9-20-16(18-6-2)22(4)12-14-10-13(17)11-21(14)3/h10-11H,5-9,12H2,1-4H3,(H,18,20)(H,19,23). The first-order valence-electron chi connectivity index (χ1n) is 8.04. The van der Waals surface area contributed by atoms with Gasteiger partial charge in [-0.15, -0.1) is 0 Å².